The summed E-state index contributed by atoms with van der Waals surface area (Å²) in [6, 6.07) is 0.858. The summed E-state index contributed by atoms with van der Waals surface area (Å²) in [4.78, 5) is 11.6. The standard InChI is InChI=1S/C12H24N2OS/c1-10(9-16-2)14-12(15)7-6-11-5-3-4-8-13-11/h10-11,13H,3-9H2,1-2H3,(H,14,15). The average molecular weight is 244 g/mol. The summed E-state index contributed by atoms with van der Waals surface area (Å²) >= 11 is 1.77. The van der Waals surface area contributed by atoms with Crippen molar-refractivity contribution in [1.29, 1.82) is 0 Å². The monoisotopic (exact) mass is 244 g/mol. The number of carbonyl (C=O) groups is 1. The Balaban J connectivity index is 2.09. The Hall–Kier alpha value is -0.220. The van der Waals surface area contributed by atoms with Gasteiger partial charge in [-0.3, -0.25) is 4.79 Å². The van der Waals surface area contributed by atoms with E-state index in [-0.39, 0.29) is 5.91 Å². The van der Waals surface area contributed by atoms with E-state index < -0.39 is 0 Å². The van der Waals surface area contributed by atoms with Gasteiger partial charge in [0.2, 0.25) is 5.91 Å². The van der Waals surface area contributed by atoms with Crippen molar-refractivity contribution in [2.45, 2.75) is 51.1 Å². The highest BCUT2D eigenvalue weighted by Crippen LogP contribution is 2.11. The quantitative estimate of drug-likeness (QED) is 0.748. The highest BCUT2D eigenvalue weighted by Gasteiger charge is 2.14. The van der Waals surface area contributed by atoms with Gasteiger partial charge in [0.15, 0.2) is 0 Å². The maximum Gasteiger partial charge on any atom is 0.220 e. The molecule has 3 nitrogen and oxygen atoms in total. The molecule has 0 radical (unpaired) electrons. The van der Waals surface area contributed by atoms with Crippen LogP contribution in [-0.4, -0.2) is 36.5 Å². The number of thioether (sulfide) groups is 1. The molecule has 0 spiro atoms. The molecular formula is C12H24N2OS. The lowest BCUT2D eigenvalue weighted by Gasteiger charge is -2.23. The van der Waals surface area contributed by atoms with E-state index >= 15 is 0 Å². The van der Waals surface area contributed by atoms with Crippen molar-refractivity contribution in [3.63, 3.8) is 0 Å². The molecule has 0 aliphatic carbocycles. The molecule has 94 valence electrons. The number of hydrogen-bond acceptors (Lipinski definition) is 3. The van der Waals surface area contributed by atoms with Crippen LogP contribution in [0.2, 0.25) is 0 Å². The summed E-state index contributed by atoms with van der Waals surface area (Å²) in [6.07, 6.45) is 7.53. The molecule has 4 heteroatoms. The van der Waals surface area contributed by atoms with Crippen molar-refractivity contribution in [3.8, 4) is 0 Å². The first-order chi connectivity index (χ1) is 7.72. The van der Waals surface area contributed by atoms with Gasteiger partial charge in [0.25, 0.3) is 0 Å². The van der Waals surface area contributed by atoms with Gasteiger partial charge in [-0.15, -0.1) is 0 Å². The van der Waals surface area contributed by atoms with Gasteiger partial charge in [-0.25, -0.2) is 0 Å². The summed E-state index contributed by atoms with van der Waals surface area (Å²) in [5.41, 5.74) is 0. The minimum absolute atomic E-state index is 0.203. The zero-order valence-corrected chi connectivity index (χ0v) is 11.2. The minimum atomic E-state index is 0.203. The van der Waals surface area contributed by atoms with Crippen LogP contribution in [0.25, 0.3) is 0 Å². The van der Waals surface area contributed by atoms with E-state index in [0.717, 1.165) is 18.7 Å². The first kappa shape index (κ1) is 13.8. The smallest absolute Gasteiger partial charge is 0.220 e. The highest BCUT2D eigenvalue weighted by atomic mass is 32.2. The number of rotatable bonds is 6. The van der Waals surface area contributed by atoms with Gasteiger partial charge < -0.3 is 10.6 Å². The van der Waals surface area contributed by atoms with Crippen LogP contribution < -0.4 is 10.6 Å². The van der Waals surface area contributed by atoms with Crippen molar-refractivity contribution >= 4 is 17.7 Å². The van der Waals surface area contributed by atoms with Crippen molar-refractivity contribution in [1.82, 2.24) is 10.6 Å². The van der Waals surface area contributed by atoms with Gasteiger partial charge in [-0.05, 0) is 39.0 Å². The zero-order chi connectivity index (χ0) is 11.8. The lowest BCUT2D eigenvalue weighted by molar-refractivity contribution is -0.121. The van der Waals surface area contributed by atoms with Crippen molar-refractivity contribution in [2.24, 2.45) is 0 Å². The second-order valence-electron chi connectivity index (χ2n) is 4.61. The summed E-state index contributed by atoms with van der Waals surface area (Å²) in [7, 11) is 0. The summed E-state index contributed by atoms with van der Waals surface area (Å²) < 4.78 is 0. The molecule has 1 aliphatic rings. The normalized spacial score (nSPS) is 22.8. The van der Waals surface area contributed by atoms with E-state index in [9.17, 15) is 4.79 Å². The predicted molar refractivity (Wildman–Crippen MR) is 70.9 cm³/mol. The van der Waals surface area contributed by atoms with Crippen LogP contribution in [-0.2, 0) is 4.79 Å². The third-order valence-corrected chi connectivity index (χ3v) is 3.79. The molecule has 0 aromatic rings. The fraction of sp³-hybridized carbons (Fsp3) is 0.917. The number of carbonyl (C=O) groups excluding carboxylic acids is 1. The van der Waals surface area contributed by atoms with Crippen LogP contribution in [0.15, 0.2) is 0 Å². The molecule has 1 fully saturated rings. The molecule has 1 amide bonds. The second-order valence-corrected chi connectivity index (χ2v) is 5.52. The van der Waals surface area contributed by atoms with Gasteiger partial charge >= 0.3 is 0 Å². The molecule has 2 N–H and O–H groups in total. The molecule has 0 aromatic heterocycles. The Bertz CT molecular complexity index is 205. The SMILES string of the molecule is CSCC(C)NC(=O)CCC1CCCCN1. The van der Waals surface area contributed by atoms with E-state index in [2.05, 4.69) is 23.8 Å². The number of nitrogens with one attached hydrogen (secondary N) is 2. The zero-order valence-electron chi connectivity index (χ0n) is 10.4. The lowest BCUT2D eigenvalue weighted by atomic mass is 10.0. The fourth-order valence-corrected chi connectivity index (χ4v) is 2.70. The van der Waals surface area contributed by atoms with Crippen LogP contribution in [0.1, 0.15) is 39.0 Å². The second kappa shape index (κ2) is 7.96. The van der Waals surface area contributed by atoms with Crippen LogP contribution in [0.3, 0.4) is 0 Å². The minimum Gasteiger partial charge on any atom is -0.353 e. The van der Waals surface area contributed by atoms with E-state index in [1.54, 1.807) is 11.8 Å². The Kier molecular flexibility index (Phi) is 6.88. The molecule has 1 saturated heterocycles. The molecule has 16 heavy (non-hydrogen) atoms. The fourth-order valence-electron chi connectivity index (χ4n) is 2.11. The first-order valence-electron chi connectivity index (χ1n) is 6.24. The van der Waals surface area contributed by atoms with Crippen molar-refractivity contribution in [3.05, 3.63) is 0 Å². The van der Waals surface area contributed by atoms with Crippen LogP contribution in [0, 0.1) is 0 Å². The van der Waals surface area contributed by atoms with Gasteiger partial charge in [-0.1, -0.05) is 6.42 Å². The topological polar surface area (TPSA) is 41.1 Å². The molecule has 0 aromatic carbocycles. The molecule has 0 saturated carbocycles. The van der Waals surface area contributed by atoms with Crippen LogP contribution in [0.4, 0.5) is 0 Å². The molecule has 1 heterocycles. The first-order valence-corrected chi connectivity index (χ1v) is 7.63. The van der Waals surface area contributed by atoms with Gasteiger partial charge in [-0.2, -0.15) is 11.8 Å². The maximum atomic E-state index is 11.6. The highest BCUT2D eigenvalue weighted by molar-refractivity contribution is 7.98. The summed E-state index contributed by atoms with van der Waals surface area (Å²) in [6.45, 7) is 3.18. The average Bonchev–Trinajstić information content (AvgIpc) is 2.28. The lowest BCUT2D eigenvalue weighted by Crippen LogP contribution is -2.37. The number of piperidine rings is 1. The molecule has 2 atom stereocenters. The summed E-state index contributed by atoms with van der Waals surface area (Å²) in [5, 5.41) is 6.50. The third kappa shape index (κ3) is 5.75. The third-order valence-electron chi connectivity index (χ3n) is 2.96. The molecule has 2 unspecified atom stereocenters. The number of hydrogen-bond donors (Lipinski definition) is 2. The molecular weight excluding hydrogens is 220 g/mol. The van der Waals surface area contributed by atoms with Crippen molar-refractivity contribution in [2.75, 3.05) is 18.6 Å². The van der Waals surface area contributed by atoms with Gasteiger partial charge in [0, 0.05) is 24.3 Å². The Morgan fingerprint density at radius 2 is 2.38 bits per heavy atom. The van der Waals surface area contributed by atoms with E-state index in [1.807, 2.05) is 0 Å². The molecule has 0 bridgehead atoms. The number of amides is 1. The molecule has 1 aliphatic heterocycles. The van der Waals surface area contributed by atoms with E-state index in [1.165, 1.54) is 19.3 Å². The van der Waals surface area contributed by atoms with Gasteiger partial charge in [0.1, 0.15) is 0 Å². The van der Waals surface area contributed by atoms with E-state index in [4.69, 9.17) is 0 Å². The Morgan fingerprint density at radius 1 is 1.56 bits per heavy atom. The molecule has 1 rings (SSSR count). The van der Waals surface area contributed by atoms with Crippen LogP contribution in [0.5, 0.6) is 0 Å². The van der Waals surface area contributed by atoms with E-state index in [0.29, 0.717) is 18.5 Å². The van der Waals surface area contributed by atoms with Crippen LogP contribution >= 0.6 is 11.8 Å². The maximum absolute atomic E-state index is 11.6. The largest absolute Gasteiger partial charge is 0.353 e. The van der Waals surface area contributed by atoms with Gasteiger partial charge in [0.05, 0.1) is 0 Å². The Labute approximate surface area is 103 Å². The summed E-state index contributed by atoms with van der Waals surface area (Å²) in [5.74, 6) is 1.20. The Morgan fingerprint density at radius 3 is 3.00 bits per heavy atom. The predicted octanol–water partition coefficient (Wildman–Crippen LogP) is 1.78. The van der Waals surface area contributed by atoms with Crippen molar-refractivity contribution < 1.29 is 4.79 Å².